The Hall–Kier alpha value is -2.28. The molecule has 7 nitrogen and oxygen atoms in total. The molecule has 0 unspecified atom stereocenters. The van der Waals surface area contributed by atoms with Crippen LogP contribution in [0.4, 0.5) is 0 Å². The lowest BCUT2D eigenvalue weighted by Crippen LogP contribution is -2.37. The number of amides is 1. The van der Waals surface area contributed by atoms with Crippen molar-refractivity contribution in [1.29, 1.82) is 0 Å². The van der Waals surface area contributed by atoms with Crippen LogP contribution in [0.5, 0.6) is 5.75 Å². The number of carbonyl (C=O) groups is 3. The molecule has 1 amide bonds. The first-order valence-corrected chi connectivity index (χ1v) is 7.32. The fourth-order valence-corrected chi connectivity index (χ4v) is 3.45. The Labute approximate surface area is 136 Å². The number of para-hydroxylation sites is 1. The van der Waals surface area contributed by atoms with Crippen molar-refractivity contribution in [1.82, 2.24) is 4.90 Å². The molecule has 0 radical (unpaired) electrons. The predicted molar refractivity (Wildman–Crippen MR) is 78.3 cm³/mol. The maximum absolute atomic E-state index is 12.2. The molecule has 1 heterocycles. The molecule has 1 aliphatic heterocycles. The molecular weight excluding hydrogens is 326 g/mol. The van der Waals surface area contributed by atoms with E-state index < -0.39 is 28.7 Å². The fraction of sp³-hybridized carbons (Fsp3) is 0.400. The van der Waals surface area contributed by atoms with Crippen LogP contribution in [0.2, 0.25) is 5.02 Å². The van der Waals surface area contributed by atoms with Crippen LogP contribution in [0.25, 0.3) is 0 Å². The molecule has 1 aromatic carbocycles. The summed E-state index contributed by atoms with van der Waals surface area (Å²) in [6, 6.07) is 6.65. The summed E-state index contributed by atoms with van der Waals surface area (Å²) in [5.74, 6) is -2.48. The summed E-state index contributed by atoms with van der Waals surface area (Å²) in [6.45, 7) is -0.548. The van der Waals surface area contributed by atoms with Gasteiger partial charge in [0.05, 0.1) is 5.02 Å². The van der Waals surface area contributed by atoms with E-state index in [1.54, 1.807) is 24.3 Å². The molecule has 1 aliphatic carbocycles. The van der Waals surface area contributed by atoms with Gasteiger partial charge >= 0.3 is 11.9 Å². The Balaban J connectivity index is 1.67. The number of likely N-dealkylation sites (tertiary alicyclic amines) is 1. The Morgan fingerprint density at radius 2 is 1.70 bits per heavy atom. The molecule has 1 aromatic rings. The SMILES string of the molecule is O=C(COc1ccccc1Cl)N1C[C@@]2(C(=O)O)C[C@@]2(C(=O)O)C1. The molecule has 2 aliphatic rings. The van der Waals surface area contributed by atoms with Gasteiger partial charge in [-0.1, -0.05) is 23.7 Å². The van der Waals surface area contributed by atoms with Gasteiger partial charge in [0, 0.05) is 13.1 Å². The van der Waals surface area contributed by atoms with E-state index in [-0.39, 0.29) is 26.1 Å². The number of halogens is 1. The van der Waals surface area contributed by atoms with Crippen LogP contribution in [0.15, 0.2) is 24.3 Å². The molecule has 122 valence electrons. The molecule has 1 saturated heterocycles. The fourth-order valence-electron chi connectivity index (χ4n) is 3.26. The van der Waals surface area contributed by atoms with E-state index in [1.807, 2.05) is 0 Å². The third-order valence-corrected chi connectivity index (χ3v) is 4.99. The van der Waals surface area contributed by atoms with Gasteiger partial charge in [-0.25, -0.2) is 0 Å². The van der Waals surface area contributed by atoms with E-state index >= 15 is 0 Å². The monoisotopic (exact) mass is 339 g/mol. The average Bonchev–Trinajstić information content (AvgIpc) is 3.05. The summed E-state index contributed by atoms with van der Waals surface area (Å²) >= 11 is 5.92. The maximum atomic E-state index is 12.2. The zero-order chi connectivity index (χ0) is 16.8. The van der Waals surface area contributed by atoms with Crippen molar-refractivity contribution >= 4 is 29.4 Å². The van der Waals surface area contributed by atoms with Crippen molar-refractivity contribution in [3.63, 3.8) is 0 Å². The summed E-state index contributed by atoms with van der Waals surface area (Å²) < 4.78 is 5.33. The number of hydrogen-bond donors (Lipinski definition) is 2. The molecular formula is C15H14ClNO6. The third-order valence-electron chi connectivity index (χ3n) is 4.68. The highest BCUT2D eigenvalue weighted by atomic mass is 35.5. The smallest absolute Gasteiger partial charge is 0.312 e. The second kappa shape index (κ2) is 5.13. The Morgan fingerprint density at radius 1 is 1.13 bits per heavy atom. The van der Waals surface area contributed by atoms with E-state index in [1.165, 1.54) is 4.90 Å². The average molecular weight is 340 g/mol. The molecule has 3 rings (SSSR count). The molecule has 23 heavy (non-hydrogen) atoms. The highest BCUT2D eigenvalue weighted by Gasteiger charge is 2.81. The number of aliphatic carboxylic acids is 2. The normalized spacial score (nSPS) is 28.1. The predicted octanol–water partition coefficient (Wildman–Crippen LogP) is 1.11. The third kappa shape index (κ3) is 2.23. The van der Waals surface area contributed by atoms with Crippen LogP contribution < -0.4 is 4.74 Å². The van der Waals surface area contributed by atoms with Gasteiger partial charge in [0.1, 0.15) is 16.6 Å². The van der Waals surface area contributed by atoms with Crippen molar-refractivity contribution < 1.29 is 29.3 Å². The number of carboxylic acids is 2. The zero-order valence-corrected chi connectivity index (χ0v) is 12.7. The van der Waals surface area contributed by atoms with Crippen LogP contribution in [0.1, 0.15) is 6.42 Å². The van der Waals surface area contributed by atoms with Gasteiger partial charge in [0.2, 0.25) is 0 Å². The maximum Gasteiger partial charge on any atom is 0.312 e. The summed E-state index contributed by atoms with van der Waals surface area (Å²) in [5.41, 5.74) is -2.75. The van der Waals surface area contributed by atoms with Gasteiger partial charge in [-0.2, -0.15) is 0 Å². The number of hydrogen-bond acceptors (Lipinski definition) is 4. The first kappa shape index (κ1) is 15.6. The van der Waals surface area contributed by atoms with Crippen LogP contribution in [-0.4, -0.2) is 52.7 Å². The van der Waals surface area contributed by atoms with Crippen molar-refractivity contribution in [2.45, 2.75) is 6.42 Å². The van der Waals surface area contributed by atoms with E-state index in [0.717, 1.165) is 0 Å². The molecule has 0 bridgehead atoms. The second-order valence-electron chi connectivity index (χ2n) is 5.92. The first-order valence-electron chi connectivity index (χ1n) is 6.94. The van der Waals surface area contributed by atoms with E-state index in [2.05, 4.69) is 0 Å². The van der Waals surface area contributed by atoms with Gasteiger partial charge in [-0.05, 0) is 18.6 Å². The van der Waals surface area contributed by atoms with Crippen molar-refractivity contribution in [2.75, 3.05) is 19.7 Å². The molecule has 0 aromatic heterocycles. The molecule has 2 N–H and O–H groups in total. The van der Waals surface area contributed by atoms with Gasteiger partial charge in [0.25, 0.3) is 5.91 Å². The standard InChI is InChI=1S/C15H14ClNO6/c16-9-3-1-2-4-10(9)23-5-11(18)17-7-14(12(19)20)6-15(14,8-17)13(21)22/h1-4H,5-8H2,(H,19,20)(H,21,22)/t14-,15+. The van der Waals surface area contributed by atoms with Crippen molar-refractivity contribution in [3.8, 4) is 5.75 Å². The molecule has 0 spiro atoms. The summed E-state index contributed by atoms with van der Waals surface area (Å²) in [7, 11) is 0. The lowest BCUT2D eigenvalue weighted by molar-refractivity contribution is -0.151. The number of rotatable bonds is 5. The summed E-state index contributed by atoms with van der Waals surface area (Å²) in [5, 5.41) is 19.0. The molecule has 8 heteroatoms. The Kier molecular flexibility index (Phi) is 3.48. The summed E-state index contributed by atoms with van der Waals surface area (Å²) in [4.78, 5) is 36.3. The van der Waals surface area contributed by atoms with Crippen LogP contribution in [-0.2, 0) is 14.4 Å². The van der Waals surface area contributed by atoms with Crippen molar-refractivity contribution in [3.05, 3.63) is 29.3 Å². The van der Waals surface area contributed by atoms with Crippen LogP contribution in [0, 0.1) is 10.8 Å². The minimum Gasteiger partial charge on any atom is -0.482 e. The van der Waals surface area contributed by atoms with E-state index in [9.17, 15) is 24.6 Å². The largest absolute Gasteiger partial charge is 0.482 e. The highest BCUT2D eigenvalue weighted by Crippen LogP contribution is 2.68. The highest BCUT2D eigenvalue weighted by molar-refractivity contribution is 6.32. The van der Waals surface area contributed by atoms with Gasteiger partial charge in [-0.3, -0.25) is 14.4 Å². The number of nitrogens with zero attached hydrogens (tertiary/aromatic N) is 1. The number of carbonyl (C=O) groups excluding carboxylic acids is 1. The second-order valence-corrected chi connectivity index (χ2v) is 6.33. The molecule has 2 atom stereocenters. The van der Waals surface area contributed by atoms with Gasteiger partial charge < -0.3 is 19.8 Å². The number of ether oxygens (including phenoxy) is 1. The number of benzene rings is 1. The van der Waals surface area contributed by atoms with Gasteiger partial charge in [0.15, 0.2) is 6.61 Å². The Bertz CT molecular complexity index is 679. The topological polar surface area (TPSA) is 104 Å². The molecule has 2 fully saturated rings. The van der Waals surface area contributed by atoms with Crippen molar-refractivity contribution in [2.24, 2.45) is 10.8 Å². The minimum absolute atomic E-state index is 0.0554. The van der Waals surface area contributed by atoms with E-state index in [0.29, 0.717) is 10.8 Å². The number of fused-ring (bicyclic) bond motifs is 1. The number of piperidine rings is 1. The first-order chi connectivity index (χ1) is 10.8. The van der Waals surface area contributed by atoms with Crippen LogP contribution in [0.3, 0.4) is 0 Å². The molecule has 1 saturated carbocycles. The minimum atomic E-state index is -1.38. The lowest BCUT2D eigenvalue weighted by Gasteiger charge is -2.20. The van der Waals surface area contributed by atoms with Gasteiger partial charge in [-0.15, -0.1) is 0 Å². The van der Waals surface area contributed by atoms with E-state index in [4.69, 9.17) is 16.3 Å². The lowest BCUT2D eigenvalue weighted by atomic mass is 9.97. The summed E-state index contributed by atoms with van der Waals surface area (Å²) in [6.07, 6.45) is 0.0554. The Morgan fingerprint density at radius 3 is 2.22 bits per heavy atom. The van der Waals surface area contributed by atoms with Crippen LogP contribution >= 0.6 is 11.6 Å². The quantitative estimate of drug-likeness (QED) is 0.832. The zero-order valence-electron chi connectivity index (χ0n) is 12.0. The number of carboxylic acid groups (broad SMARTS) is 2.